The van der Waals surface area contributed by atoms with Crippen LogP contribution in [-0.4, -0.2) is 46.2 Å². The van der Waals surface area contributed by atoms with Crippen molar-refractivity contribution in [2.24, 2.45) is 0 Å². The quantitative estimate of drug-likeness (QED) is 0.272. The number of tetrazole rings is 1. The van der Waals surface area contributed by atoms with E-state index in [1.807, 2.05) is 41.1 Å². The lowest BCUT2D eigenvalue weighted by Crippen LogP contribution is -2.08. The van der Waals surface area contributed by atoms with Crippen molar-refractivity contribution in [1.29, 1.82) is 0 Å². The molecule has 1 atom stereocenters. The number of imidazole rings is 1. The third-order valence-electron chi connectivity index (χ3n) is 6.09. The summed E-state index contributed by atoms with van der Waals surface area (Å²) in [7, 11) is -3.95. The molecule has 0 bridgehead atoms. The molecule has 36 heavy (non-hydrogen) atoms. The van der Waals surface area contributed by atoms with Crippen LogP contribution in [-0.2, 0) is 22.1 Å². The van der Waals surface area contributed by atoms with E-state index in [2.05, 4.69) is 55.3 Å². The van der Waals surface area contributed by atoms with Crippen molar-refractivity contribution in [3.63, 3.8) is 0 Å². The van der Waals surface area contributed by atoms with Gasteiger partial charge >= 0.3 is 7.60 Å². The minimum absolute atomic E-state index is 0.0958. The zero-order valence-electron chi connectivity index (χ0n) is 20.2. The summed E-state index contributed by atoms with van der Waals surface area (Å²) in [6.45, 7) is 4.48. The van der Waals surface area contributed by atoms with Crippen molar-refractivity contribution < 1.29 is 14.0 Å². The Morgan fingerprint density at radius 2 is 2.00 bits per heavy atom. The fraction of sp³-hybridized carbons (Fsp3) is 0.280. The lowest BCUT2D eigenvalue weighted by atomic mass is 10.1. The van der Waals surface area contributed by atoms with Crippen molar-refractivity contribution >= 4 is 23.9 Å². The molecule has 10 nitrogen and oxygen atoms in total. The van der Waals surface area contributed by atoms with Gasteiger partial charge in [-0.05, 0) is 48.4 Å². The standard InChI is InChI=1S/C25H28N7O3P/c1-3-5-12-23-26-24(36(33,34)35-4-2)17-31(23)16-19-9-7-11-22-21(19)13-14-32(22)20-10-6-8-18(15-20)25-27-29-30-28-25/h6-11,13-15,17H,3-5,12,16H2,1-2H3,(H,33,34)(H,27,28,29,30). The fourth-order valence-electron chi connectivity index (χ4n) is 4.34. The van der Waals surface area contributed by atoms with E-state index in [1.54, 1.807) is 13.1 Å². The molecule has 3 heterocycles. The Balaban J connectivity index is 1.51. The highest BCUT2D eigenvalue weighted by Gasteiger charge is 2.27. The monoisotopic (exact) mass is 505 g/mol. The average molecular weight is 506 g/mol. The molecule has 5 aromatic rings. The summed E-state index contributed by atoms with van der Waals surface area (Å²) >= 11 is 0. The second-order valence-electron chi connectivity index (χ2n) is 8.51. The van der Waals surface area contributed by atoms with Crippen molar-refractivity contribution in [2.75, 3.05) is 6.61 Å². The summed E-state index contributed by atoms with van der Waals surface area (Å²) in [6.07, 6.45) is 6.37. The van der Waals surface area contributed by atoms with Crippen LogP contribution in [0.15, 0.2) is 60.9 Å². The number of aromatic amines is 1. The van der Waals surface area contributed by atoms with Gasteiger partial charge < -0.3 is 18.6 Å². The third kappa shape index (κ3) is 4.75. The predicted molar refractivity (Wildman–Crippen MR) is 137 cm³/mol. The number of hydrogen-bond acceptors (Lipinski definition) is 6. The SMILES string of the molecule is CCCCc1nc(P(=O)(O)OCC)cn1Cc1cccc2c1ccn2-c1cccc(-c2nn[nH]n2)c1. The Labute approximate surface area is 208 Å². The molecule has 0 saturated heterocycles. The van der Waals surface area contributed by atoms with Gasteiger partial charge in [0.1, 0.15) is 5.82 Å². The minimum atomic E-state index is -3.95. The Morgan fingerprint density at radius 3 is 2.78 bits per heavy atom. The van der Waals surface area contributed by atoms with E-state index < -0.39 is 7.60 Å². The molecule has 3 aromatic heterocycles. The average Bonchev–Trinajstić information content (AvgIpc) is 3.63. The van der Waals surface area contributed by atoms with Gasteiger partial charge in [-0.15, -0.1) is 10.2 Å². The first kappa shape index (κ1) is 24.1. The molecule has 0 fully saturated rings. The summed E-state index contributed by atoms with van der Waals surface area (Å²) < 4.78 is 21.8. The lowest BCUT2D eigenvalue weighted by molar-refractivity contribution is 0.283. The van der Waals surface area contributed by atoms with E-state index in [0.717, 1.165) is 52.8 Å². The maximum Gasteiger partial charge on any atom is 0.378 e. The van der Waals surface area contributed by atoms with E-state index >= 15 is 0 Å². The summed E-state index contributed by atoms with van der Waals surface area (Å²) in [6, 6.07) is 16.2. The number of benzene rings is 2. The van der Waals surface area contributed by atoms with Crippen molar-refractivity contribution in [2.45, 2.75) is 39.7 Å². The normalized spacial score (nSPS) is 13.3. The third-order valence-corrected chi connectivity index (χ3v) is 7.49. The van der Waals surface area contributed by atoms with Gasteiger partial charge in [0.15, 0.2) is 5.44 Å². The molecular weight excluding hydrogens is 477 g/mol. The summed E-state index contributed by atoms with van der Waals surface area (Å²) in [4.78, 5) is 14.8. The van der Waals surface area contributed by atoms with Gasteiger partial charge in [-0.1, -0.05) is 37.6 Å². The van der Waals surface area contributed by atoms with E-state index in [9.17, 15) is 9.46 Å². The van der Waals surface area contributed by atoms with Gasteiger partial charge in [0.2, 0.25) is 5.82 Å². The lowest BCUT2D eigenvalue weighted by Gasteiger charge is -2.11. The number of nitrogens with zero attached hydrogens (tertiary/aromatic N) is 6. The molecule has 0 saturated carbocycles. The number of hydrogen-bond donors (Lipinski definition) is 2. The maximum absolute atomic E-state index is 12.6. The second kappa shape index (κ2) is 10.2. The van der Waals surface area contributed by atoms with Crippen molar-refractivity contribution in [3.8, 4) is 17.1 Å². The molecule has 5 rings (SSSR count). The van der Waals surface area contributed by atoms with Gasteiger partial charge in [-0.2, -0.15) is 5.21 Å². The molecule has 1 unspecified atom stereocenters. The van der Waals surface area contributed by atoms with Gasteiger partial charge in [-0.25, -0.2) is 4.98 Å². The van der Waals surface area contributed by atoms with Crippen LogP contribution in [0.25, 0.3) is 28.0 Å². The van der Waals surface area contributed by atoms with Gasteiger partial charge in [-0.3, -0.25) is 4.57 Å². The molecule has 2 aromatic carbocycles. The summed E-state index contributed by atoms with van der Waals surface area (Å²) in [5.74, 6) is 1.32. The van der Waals surface area contributed by atoms with Gasteiger partial charge in [0.05, 0.1) is 12.1 Å². The molecule has 0 aliphatic carbocycles. The maximum atomic E-state index is 12.6. The fourth-order valence-corrected chi connectivity index (χ4v) is 5.35. The molecule has 0 radical (unpaired) electrons. The highest BCUT2D eigenvalue weighted by atomic mass is 31.2. The number of fused-ring (bicyclic) bond motifs is 1. The van der Waals surface area contributed by atoms with Gasteiger partial charge in [0.25, 0.3) is 0 Å². The zero-order chi connectivity index (χ0) is 25.1. The van der Waals surface area contributed by atoms with Crippen molar-refractivity contribution in [3.05, 3.63) is 72.3 Å². The molecule has 0 aliphatic heterocycles. The molecular formula is C25H28N7O3P. The van der Waals surface area contributed by atoms with Gasteiger partial charge in [0, 0.05) is 42.0 Å². The number of aromatic nitrogens is 7. The molecule has 186 valence electrons. The Hall–Kier alpha value is -3.59. The number of aryl methyl sites for hydroxylation is 1. The summed E-state index contributed by atoms with van der Waals surface area (Å²) in [5, 5.41) is 15.4. The van der Waals surface area contributed by atoms with Crippen LogP contribution in [0.4, 0.5) is 0 Å². The number of unbranched alkanes of at least 4 members (excludes halogenated alkanes) is 1. The van der Waals surface area contributed by atoms with Crippen LogP contribution in [0.3, 0.4) is 0 Å². The molecule has 0 aliphatic rings. The van der Waals surface area contributed by atoms with E-state index in [-0.39, 0.29) is 12.0 Å². The zero-order valence-corrected chi connectivity index (χ0v) is 21.1. The number of nitrogens with one attached hydrogen (secondary N) is 1. The summed E-state index contributed by atoms with van der Waals surface area (Å²) in [5.41, 5.74) is 4.09. The highest BCUT2D eigenvalue weighted by molar-refractivity contribution is 7.60. The van der Waals surface area contributed by atoms with Crippen LogP contribution < -0.4 is 5.44 Å². The highest BCUT2D eigenvalue weighted by Crippen LogP contribution is 2.40. The van der Waals surface area contributed by atoms with Crippen molar-refractivity contribution in [1.82, 2.24) is 34.7 Å². The second-order valence-corrected chi connectivity index (χ2v) is 10.3. The van der Waals surface area contributed by atoms with Crippen LogP contribution in [0.2, 0.25) is 0 Å². The van der Waals surface area contributed by atoms with Crippen LogP contribution in [0.1, 0.15) is 38.1 Å². The first-order valence-corrected chi connectivity index (χ1v) is 13.5. The smallest absolute Gasteiger partial charge is 0.330 e. The largest absolute Gasteiger partial charge is 0.378 e. The van der Waals surface area contributed by atoms with Crippen LogP contribution in [0, 0.1) is 0 Å². The van der Waals surface area contributed by atoms with E-state index in [1.165, 1.54) is 0 Å². The van der Waals surface area contributed by atoms with E-state index in [0.29, 0.717) is 12.4 Å². The van der Waals surface area contributed by atoms with Crippen LogP contribution >= 0.6 is 7.60 Å². The molecule has 11 heteroatoms. The minimum Gasteiger partial charge on any atom is -0.330 e. The number of rotatable bonds is 10. The Morgan fingerprint density at radius 1 is 1.14 bits per heavy atom. The first-order valence-electron chi connectivity index (χ1n) is 12.0. The molecule has 2 N–H and O–H groups in total. The van der Waals surface area contributed by atoms with Crippen LogP contribution in [0.5, 0.6) is 0 Å². The van der Waals surface area contributed by atoms with E-state index in [4.69, 9.17) is 4.52 Å². The topological polar surface area (TPSA) is 124 Å². The predicted octanol–water partition coefficient (Wildman–Crippen LogP) is 4.25. The molecule has 0 amide bonds. The Kier molecular flexibility index (Phi) is 6.82. The molecule has 0 spiro atoms. The Bertz CT molecular complexity index is 1520. The number of H-pyrrole nitrogens is 1. The first-order chi connectivity index (χ1) is 17.5.